The Labute approximate surface area is 166 Å². The van der Waals surface area contributed by atoms with Crippen LogP contribution in [-0.2, 0) is 0 Å². The van der Waals surface area contributed by atoms with Crippen molar-refractivity contribution in [2.24, 2.45) is 0 Å². The molecule has 4 rings (SSSR count). The van der Waals surface area contributed by atoms with Crippen molar-refractivity contribution in [2.45, 2.75) is 6.92 Å². The van der Waals surface area contributed by atoms with E-state index in [4.69, 9.17) is 0 Å². The molecule has 1 N–H and O–H groups in total. The fraction of sp³-hybridized carbons (Fsp3) is 0.0455. The van der Waals surface area contributed by atoms with E-state index in [2.05, 4.69) is 15.3 Å². The van der Waals surface area contributed by atoms with Gasteiger partial charge in [0.25, 0.3) is 11.6 Å². The first-order valence-electron chi connectivity index (χ1n) is 8.90. The lowest BCUT2D eigenvalue weighted by atomic mass is 10.1. The Morgan fingerprint density at radius 1 is 1.00 bits per heavy atom. The van der Waals surface area contributed by atoms with Crippen LogP contribution >= 0.6 is 0 Å². The number of anilines is 1. The fourth-order valence-corrected chi connectivity index (χ4v) is 3.07. The minimum Gasteiger partial charge on any atom is -0.306 e. The molecule has 0 bridgehead atoms. The summed E-state index contributed by atoms with van der Waals surface area (Å²) in [5.74, 6) is 0.0172. The highest BCUT2D eigenvalue weighted by Gasteiger charge is 2.15. The highest BCUT2D eigenvalue weighted by molar-refractivity contribution is 6.09. The first-order valence-corrected chi connectivity index (χ1v) is 8.90. The van der Waals surface area contributed by atoms with Crippen LogP contribution in [0.15, 0.2) is 72.9 Å². The summed E-state index contributed by atoms with van der Waals surface area (Å²) in [6, 6.07) is 18.8. The van der Waals surface area contributed by atoms with Gasteiger partial charge in [-0.15, -0.1) is 0 Å². The molecule has 29 heavy (non-hydrogen) atoms. The number of carbonyl (C=O) groups excluding carboxylic acids is 1. The van der Waals surface area contributed by atoms with Crippen LogP contribution in [0.1, 0.15) is 15.9 Å². The van der Waals surface area contributed by atoms with Crippen molar-refractivity contribution in [1.29, 1.82) is 0 Å². The van der Waals surface area contributed by atoms with Crippen LogP contribution in [0.2, 0.25) is 0 Å². The number of amides is 1. The molecular weight excluding hydrogens is 368 g/mol. The van der Waals surface area contributed by atoms with E-state index >= 15 is 0 Å². The van der Waals surface area contributed by atoms with E-state index in [1.54, 1.807) is 42.6 Å². The number of nitrogens with one attached hydrogen (secondary N) is 1. The summed E-state index contributed by atoms with van der Waals surface area (Å²) in [6.07, 6.45) is 1.64. The highest BCUT2D eigenvalue weighted by Crippen LogP contribution is 2.30. The van der Waals surface area contributed by atoms with E-state index in [-0.39, 0.29) is 11.6 Å². The van der Waals surface area contributed by atoms with Crippen LogP contribution < -0.4 is 5.32 Å². The van der Waals surface area contributed by atoms with Gasteiger partial charge in [-0.25, -0.2) is 4.98 Å². The maximum atomic E-state index is 12.8. The van der Waals surface area contributed by atoms with Crippen LogP contribution in [0.25, 0.3) is 22.2 Å². The molecule has 0 unspecified atom stereocenters. The van der Waals surface area contributed by atoms with Gasteiger partial charge in [-0.2, -0.15) is 0 Å². The SMILES string of the molecule is Cc1cccc(C(=O)Nc2nc(-c3ccccn3)cc3cc([N+](=O)[O-])ccc23)c1. The van der Waals surface area contributed by atoms with Crippen LogP contribution in [-0.4, -0.2) is 20.8 Å². The number of nitrogens with zero attached hydrogens (tertiary/aromatic N) is 3. The third-order valence-electron chi connectivity index (χ3n) is 4.47. The lowest BCUT2D eigenvalue weighted by Gasteiger charge is -2.11. The van der Waals surface area contributed by atoms with E-state index in [9.17, 15) is 14.9 Å². The third-order valence-corrected chi connectivity index (χ3v) is 4.47. The summed E-state index contributed by atoms with van der Waals surface area (Å²) in [5.41, 5.74) is 2.55. The quantitative estimate of drug-likeness (QED) is 0.404. The minimum atomic E-state index is -0.453. The van der Waals surface area contributed by atoms with Crippen molar-refractivity contribution >= 4 is 28.2 Å². The number of aryl methyl sites for hydroxylation is 1. The maximum Gasteiger partial charge on any atom is 0.270 e. The van der Waals surface area contributed by atoms with Gasteiger partial charge in [-0.05, 0) is 48.7 Å². The Kier molecular flexibility index (Phi) is 4.70. The second-order valence-corrected chi connectivity index (χ2v) is 6.56. The molecule has 4 aromatic rings. The fourth-order valence-electron chi connectivity index (χ4n) is 3.07. The molecule has 0 saturated carbocycles. The summed E-state index contributed by atoms with van der Waals surface area (Å²) in [7, 11) is 0. The first-order chi connectivity index (χ1) is 14.0. The Bertz CT molecular complexity index is 1240. The Morgan fingerprint density at radius 3 is 2.59 bits per heavy atom. The van der Waals surface area contributed by atoms with Gasteiger partial charge in [-0.3, -0.25) is 19.9 Å². The maximum absolute atomic E-state index is 12.8. The number of hydrogen-bond acceptors (Lipinski definition) is 5. The van der Waals surface area contributed by atoms with E-state index in [0.29, 0.717) is 33.5 Å². The number of carbonyl (C=O) groups is 1. The molecular formula is C22H16N4O3. The second-order valence-electron chi connectivity index (χ2n) is 6.56. The topological polar surface area (TPSA) is 98.0 Å². The van der Waals surface area contributed by atoms with Crippen LogP contribution in [0.5, 0.6) is 0 Å². The Morgan fingerprint density at radius 2 is 1.86 bits per heavy atom. The molecule has 2 heterocycles. The average molecular weight is 384 g/mol. The molecule has 0 atom stereocenters. The number of benzene rings is 2. The molecule has 2 aromatic carbocycles. The summed E-state index contributed by atoms with van der Waals surface area (Å²) in [4.78, 5) is 32.4. The van der Waals surface area contributed by atoms with Crippen molar-refractivity contribution in [3.8, 4) is 11.4 Å². The molecule has 0 aliphatic carbocycles. The van der Waals surface area contributed by atoms with Gasteiger partial charge in [0.2, 0.25) is 0 Å². The number of aromatic nitrogens is 2. The number of nitro groups is 1. The molecule has 0 saturated heterocycles. The van der Waals surface area contributed by atoms with E-state index in [1.165, 1.54) is 12.1 Å². The van der Waals surface area contributed by atoms with Crippen LogP contribution in [0.3, 0.4) is 0 Å². The van der Waals surface area contributed by atoms with E-state index in [0.717, 1.165) is 5.56 Å². The highest BCUT2D eigenvalue weighted by atomic mass is 16.6. The lowest BCUT2D eigenvalue weighted by molar-refractivity contribution is -0.384. The summed E-state index contributed by atoms with van der Waals surface area (Å²) < 4.78 is 0. The van der Waals surface area contributed by atoms with Crippen molar-refractivity contribution < 1.29 is 9.72 Å². The molecule has 0 aliphatic rings. The van der Waals surface area contributed by atoms with Crippen LogP contribution in [0, 0.1) is 17.0 Å². The number of nitro benzene ring substituents is 1. The lowest BCUT2D eigenvalue weighted by Crippen LogP contribution is -2.13. The zero-order valence-corrected chi connectivity index (χ0v) is 15.5. The van der Waals surface area contributed by atoms with Gasteiger partial charge in [0.05, 0.1) is 16.3 Å². The normalized spacial score (nSPS) is 10.7. The second kappa shape index (κ2) is 7.47. The molecule has 7 nitrogen and oxygen atoms in total. The van der Waals surface area contributed by atoms with Crippen molar-refractivity contribution in [3.63, 3.8) is 0 Å². The summed E-state index contributed by atoms with van der Waals surface area (Å²) in [5, 5.41) is 15.2. The van der Waals surface area contributed by atoms with Gasteiger partial charge < -0.3 is 5.32 Å². The minimum absolute atomic E-state index is 0.0355. The summed E-state index contributed by atoms with van der Waals surface area (Å²) in [6.45, 7) is 1.91. The Hall–Kier alpha value is -4.13. The van der Waals surface area contributed by atoms with Gasteiger partial charge >= 0.3 is 0 Å². The van der Waals surface area contributed by atoms with Crippen molar-refractivity contribution in [3.05, 3.63) is 94.2 Å². The molecule has 0 fully saturated rings. The zero-order valence-electron chi connectivity index (χ0n) is 15.5. The first kappa shape index (κ1) is 18.2. The van der Waals surface area contributed by atoms with Gasteiger partial charge in [0.15, 0.2) is 0 Å². The monoisotopic (exact) mass is 384 g/mol. The molecule has 1 amide bonds. The number of fused-ring (bicyclic) bond motifs is 1. The van der Waals surface area contributed by atoms with E-state index < -0.39 is 4.92 Å². The third kappa shape index (κ3) is 3.79. The van der Waals surface area contributed by atoms with E-state index in [1.807, 2.05) is 25.1 Å². The Balaban J connectivity index is 1.84. The molecule has 0 radical (unpaired) electrons. The number of pyridine rings is 2. The summed E-state index contributed by atoms with van der Waals surface area (Å²) >= 11 is 0. The largest absolute Gasteiger partial charge is 0.306 e. The van der Waals surface area contributed by atoms with Crippen LogP contribution in [0.4, 0.5) is 11.5 Å². The van der Waals surface area contributed by atoms with Gasteiger partial charge in [0, 0.05) is 29.3 Å². The predicted octanol–water partition coefficient (Wildman–Crippen LogP) is 4.77. The molecule has 142 valence electrons. The predicted molar refractivity (Wildman–Crippen MR) is 111 cm³/mol. The standard InChI is InChI=1S/C22H16N4O3/c1-14-5-4-6-15(11-14)22(27)25-21-18-9-8-17(26(28)29)12-16(18)13-20(24-21)19-7-2-3-10-23-19/h2-13H,1H3,(H,24,25,27). The molecule has 2 aromatic heterocycles. The van der Waals surface area contributed by atoms with Crippen molar-refractivity contribution in [1.82, 2.24) is 9.97 Å². The molecule has 0 spiro atoms. The number of hydrogen-bond donors (Lipinski definition) is 1. The average Bonchev–Trinajstić information content (AvgIpc) is 2.73. The number of non-ortho nitro benzene ring substituents is 1. The molecule has 7 heteroatoms. The van der Waals surface area contributed by atoms with Gasteiger partial charge in [-0.1, -0.05) is 23.8 Å². The zero-order chi connectivity index (χ0) is 20.4. The number of rotatable bonds is 4. The van der Waals surface area contributed by atoms with Crippen molar-refractivity contribution in [2.75, 3.05) is 5.32 Å². The molecule has 0 aliphatic heterocycles. The smallest absolute Gasteiger partial charge is 0.270 e. The van der Waals surface area contributed by atoms with Gasteiger partial charge in [0.1, 0.15) is 5.82 Å².